The molecule has 2 aromatic rings. The van der Waals surface area contributed by atoms with E-state index in [9.17, 15) is 4.79 Å². The highest BCUT2D eigenvalue weighted by Crippen LogP contribution is 2.49. The maximum Gasteiger partial charge on any atom is 0.413 e. The van der Waals surface area contributed by atoms with E-state index in [4.69, 9.17) is 16.3 Å². The van der Waals surface area contributed by atoms with Crippen molar-refractivity contribution in [2.24, 2.45) is 0 Å². The molecule has 0 saturated carbocycles. The number of halogens is 1. The van der Waals surface area contributed by atoms with Crippen LogP contribution in [-0.4, -0.2) is 11.8 Å². The van der Waals surface area contributed by atoms with Gasteiger partial charge in [0.25, 0.3) is 0 Å². The number of anilines is 1. The van der Waals surface area contributed by atoms with Gasteiger partial charge >= 0.3 is 6.09 Å². The molecule has 1 heterocycles. The van der Waals surface area contributed by atoms with Gasteiger partial charge in [0.2, 0.25) is 4.93 Å². The van der Waals surface area contributed by atoms with Crippen molar-refractivity contribution in [3.8, 4) is 0 Å². The van der Waals surface area contributed by atoms with Crippen LogP contribution in [0, 0.1) is 6.92 Å². The molecular formula is C18H18ClNO2S. The Morgan fingerprint density at radius 1 is 1.22 bits per heavy atom. The third-order valence-corrected chi connectivity index (χ3v) is 5.55. The topological polar surface area (TPSA) is 38.3 Å². The molecule has 3 nitrogen and oxygen atoms in total. The summed E-state index contributed by atoms with van der Waals surface area (Å²) in [5.41, 5.74) is 3.81. The number of ether oxygens (including phenoxy) is 1. The van der Waals surface area contributed by atoms with Gasteiger partial charge in [0.1, 0.15) is 0 Å². The molecule has 0 saturated heterocycles. The second-order valence-electron chi connectivity index (χ2n) is 5.54. The molecule has 1 aliphatic heterocycles. The summed E-state index contributed by atoms with van der Waals surface area (Å²) in [6, 6.07) is 13.5. The summed E-state index contributed by atoms with van der Waals surface area (Å²) in [6.07, 6.45) is 0.562. The number of nitrogens with one attached hydrogen (secondary N) is 1. The van der Waals surface area contributed by atoms with Gasteiger partial charge in [-0.15, -0.1) is 11.8 Å². The number of fused-ring (bicyclic) bond motifs is 1. The fourth-order valence-corrected chi connectivity index (χ4v) is 4.06. The number of benzene rings is 2. The van der Waals surface area contributed by atoms with Gasteiger partial charge in [-0.25, -0.2) is 4.79 Å². The highest BCUT2D eigenvalue weighted by atomic mass is 35.5. The zero-order valence-electron chi connectivity index (χ0n) is 13.1. The summed E-state index contributed by atoms with van der Waals surface area (Å²) in [5, 5.41) is 3.46. The molecule has 5 heteroatoms. The predicted octanol–water partition coefficient (Wildman–Crippen LogP) is 5.55. The van der Waals surface area contributed by atoms with E-state index in [-0.39, 0.29) is 0 Å². The number of rotatable bonds is 4. The Hall–Kier alpha value is -1.65. The van der Waals surface area contributed by atoms with E-state index < -0.39 is 11.0 Å². The fraction of sp³-hybridized carbons (Fsp3) is 0.278. The maximum atomic E-state index is 12.2. The summed E-state index contributed by atoms with van der Waals surface area (Å²) in [4.78, 5) is 11.3. The van der Waals surface area contributed by atoms with Crippen molar-refractivity contribution in [1.82, 2.24) is 0 Å². The van der Waals surface area contributed by atoms with Crippen LogP contribution in [0.25, 0.3) is 0 Å². The van der Waals surface area contributed by atoms with E-state index in [1.54, 1.807) is 11.8 Å². The van der Waals surface area contributed by atoms with Crippen molar-refractivity contribution in [3.05, 3.63) is 64.2 Å². The number of aryl methyl sites for hydroxylation is 1. The number of carbonyl (C=O) groups is 1. The zero-order valence-corrected chi connectivity index (χ0v) is 14.6. The molecular weight excluding hydrogens is 330 g/mol. The lowest BCUT2D eigenvalue weighted by molar-refractivity contribution is 0.107. The molecule has 23 heavy (non-hydrogen) atoms. The van der Waals surface area contributed by atoms with E-state index in [1.165, 1.54) is 0 Å². The van der Waals surface area contributed by atoms with E-state index in [2.05, 4.69) is 18.3 Å². The Bertz CT molecular complexity index is 732. The first-order valence-corrected chi connectivity index (χ1v) is 8.92. The van der Waals surface area contributed by atoms with Crippen LogP contribution in [0.4, 0.5) is 10.5 Å². The normalized spacial score (nSPS) is 19.7. The molecule has 1 amide bonds. The van der Waals surface area contributed by atoms with Crippen molar-refractivity contribution < 1.29 is 9.53 Å². The second kappa shape index (κ2) is 6.46. The van der Waals surface area contributed by atoms with Crippen LogP contribution in [0.3, 0.4) is 0 Å². The van der Waals surface area contributed by atoms with E-state index in [0.717, 1.165) is 34.6 Å². The van der Waals surface area contributed by atoms with Crippen LogP contribution in [0.15, 0.2) is 42.5 Å². The molecule has 1 N–H and O–H groups in total. The zero-order chi connectivity index (χ0) is 16.4. The first kappa shape index (κ1) is 16.2. The van der Waals surface area contributed by atoms with Crippen molar-refractivity contribution >= 4 is 35.1 Å². The lowest BCUT2D eigenvalue weighted by atomic mass is 9.96. The van der Waals surface area contributed by atoms with Crippen LogP contribution in [-0.2, 0) is 9.67 Å². The molecule has 0 aliphatic carbocycles. The quantitative estimate of drug-likeness (QED) is 0.787. The Morgan fingerprint density at radius 2 is 1.96 bits per heavy atom. The average Bonchev–Trinajstić information content (AvgIpc) is 2.54. The van der Waals surface area contributed by atoms with Gasteiger partial charge in [0.15, 0.2) is 0 Å². The SMILES string of the molecule is CCCSC1(c2ccc(Cl)cc2)OC(=O)Nc2ccc(C)cc21. The summed E-state index contributed by atoms with van der Waals surface area (Å²) in [7, 11) is 0. The number of carbonyl (C=O) groups excluding carboxylic acids is 1. The van der Waals surface area contributed by atoms with E-state index in [0.29, 0.717) is 5.02 Å². The minimum atomic E-state index is -0.843. The van der Waals surface area contributed by atoms with Crippen molar-refractivity contribution in [3.63, 3.8) is 0 Å². The molecule has 1 atom stereocenters. The maximum absolute atomic E-state index is 12.2. The van der Waals surface area contributed by atoms with Crippen LogP contribution in [0.1, 0.15) is 30.0 Å². The Balaban J connectivity index is 2.21. The monoisotopic (exact) mass is 347 g/mol. The van der Waals surface area contributed by atoms with Gasteiger partial charge in [-0.3, -0.25) is 5.32 Å². The number of hydrogen-bond acceptors (Lipinski definition) is 3. The molecule has 0 radical (unpaired) electrons. The number of cyclic esters (lactones) is 1. The van der Waals surface area contributed by atoms with Gasteiger partial charge in [0.05, 0.1) is 5.69 Å². The van der Waals surface area contributed by atoms with Crippen LogP contribution < -0.4 is 5.32 Å². The van der Waals surface area contributed by atoms with Gasteiger partial charge in [-0.1, -0.05) is 42.3 Å². The van der Waals surface area contributed by atoms with Gasteiger partial charge < -0.3 is 4.74 Å². The van der Waals surface area contributed by atoms with Crippen molar-refractivity contribution in [2.45, 2.75) is 25.2 Å². The summed E-state index contributed by atoms with van der Waals surface area (Å²) >= 11 is 7.66. The largest absolute Gasteiger partial charge is 0.423 e. The third kappa shape index (κ3) is 3.06. The molecule has 3 rings (SSSR count). The lowest BCUT2D eigenvalue weighted by Crippen LogP contribution is -2.38. The standard InChI is InChI=1S/C18H18ClNO2S/c1-3-10-23-18(13-5-7-14(19)8-6-13)15-11-12(2)4-9-16(15)20-17(21)22-18/h4-9,11H,3,10H2,1-2H3,(H,20,21). The molecule has 1 aliphatic rings. The van der Waals surface area contributed by atoms with Crippen LogP contribution >= 0.6 is 23.4 Å². The van der Waals surface area contributed by atoms with E-state index >= 15 is 0 Å². The van der Waals surface area contributed by atoms with Crippen molar-refractivity contribution in [2.75, 3.05) is 11.1 Å². The molecule has 0 fully saturated rings. The lowest BCUT2D eigenvalue weighted by Gasteiger charge is -2.38. The number of hydrogen-bond donors (Lipinski definition) is 1. The minimum Gasteiger partial charge on any atom is -0.423 e. The second-order valence-corrected chi connectivity index (χ2v) is 7.24. The first-order valence-electron chi connectivity index (χ1n) is 7.56. The number of thioether (sulfide) groups is 1. The van der Waals surface area contributed by atoms with E-state index in [1.807, 2.05) is 43.3 Å². The third-order valence-electron chi connectivity index (χ3n) is 3.74. The number of amides is 1. The Morgan fingerprint density at radius 3 is 2.65 bits per heavy atom. The summed E-state index contributed by atoms with van der Waals surface area (Å²) in [6.45, 7) is 4.15. The first-order chi connectivity index (χ1) is 11.0. The van der Waals surface area contributed by atoms with Gasteiger partial charge in [0, 0.05) is 16.1 Å². The molecule has 120 valence electrons. The Kier molecular flexibility index (Phi) is 4.55. The van der Waals surface area contributed by atoms with Gasteiger partial charge in [-0.05, 0) is 43.4 Å². The van der Waals surface area contributed by atoms with Crippen molar-refractivity contribution in [1.29, 1.82) is 0 Å². The molecule has 0 spiro atoms. The highest BCUT2D eigenvalue weighted by molar-refractivity contribution is 8.00. The van der Waals surface area contributed by atoms with Gasteiger partial charge in [-0.2, -0.15) is 0 Å². The summed E-state index contributed by atoms with van der Waals surface area (Å²) < 4.78 is 5.85. The molecule has 2 aromatic carbocycles. The molecule has 0 bridgehead atoms. The fourth-order valence-electron chi connectivity index (χ4n) is 2.68. The average molecular weight is 348 g/mol. The molecule has 1 unspecified atom stereocenters. The van der Waals surface area contributed by atoms with Crippen LogP contribution in [0.5, 0.6) is 0 Å². The molecule has 0 aromatic heterocycles. The Labute approximate surface area is 145 Å². The predicted molar refractivity (Wildman–Crippen MR) is 96.3 cm³/mol. The smallest absolute Gasteiger partial charge is 0.413 e. The highest BCUT2D eigenvalue weighted by Gasteiger charge is 2.44. The summed E-state index contributed by atoms with van der Waals surface area (Å²) in [5.74, 6) is 0.878. The minimum absolute atomic E-state index is 0.431. The van der Waals surface area contributed by atoms with Crippen LogP contribution in [0.2, 0.25) is 5.02 Å².